The molecule has 0 N–H and O–H groups in total. The molecule has 3 aromatic carbocycles. The van der Waals surface area contributed by atoms with Crippen LogP contribution < -0.4 is 4.74 Å². The summed E-state index contributed by atoms with van der Waals surface area (Å²) >= 11 is 7.64. The lowest BCUT2D eigenvalue weighted by atomic mass is 9.81. The number of hydrogen-bond donors (Lipinski definition) is 0. The van der Waals surface area contributed by atoms with E-state index in [2.05, 4.69) is 30.9 Å². The van der Waals surface area contributed by atoms with Crippen molar-refractivity contribution in [3.05, 3.63) is 106 Å². The molecule has 0 saturated carbocycles. The van der Waals surface area contributed by atoms with E-state index in [1.165, 1.54) is 30.0 Å². The Morgan fingerprint density at radius 1 is 1.00 bits per heavy atom. The summed E-state index contributed by atoms with van der Waals surface area (Å²) in [5.41, 5.74) is 2.74. The molecule has 0 aliphatic heterocycles. The monoisotopic (exact) mass is 541 g/mol. The lowest BCUT2D eigenvalue weighted by Crippen LogP contribution is -2.23. The first-order valence-electron chi connectivity index (χ1n) is 11.9. The smallest absolute Gasteiger partial charge is 0.173 e. The summed E-state index contributed by atoms with van der Waals surface area (Å²) < 4.78 is 36.0. The number of thioether (sulfide) groups is 1. The van der Waals surface area contributed by atoms with Crippen molar-refractivity contribution < 1.29 is 13.5 Å². The topological polar surface area (TPSA) is 30.3 Å². The first-order chi connectivity index (χ1) is 17.7. The molecule has 0 saturated heterocycles. The third kappa shape index (κ3) is 6.35. The van der Waals surface area contributed by atoms with Crippen LogP contribution in [0.2, 0.25) is 5.02 Å². The van der Waals surface area contributed by atoms with Crippen LogP contribution in [0.15, 0.2) is 78.1 Å². The van der Waals surface area contributed by atoms with Crippen molar-refractivity contribution >= 4 is 23.4 Å². The van der Waals surface area contributed by atoms with E-state index in [1.54, 1.807) is 24.3 Å². The van der Waals surface area contributed by atoms with Gasteiger partial charge in [0.1, 0.15) is 24.0 Å². The summed E-state index contributed by atoms with van der Waals surface area (Å²) in [6.07, 6.45) is 1.83. The van der Waals surface area contributed by atoms with E-state index in [0.29, 0.717) is 28.1 Å². The molecule has 0 amide bonds. The van der Waals surface area contributed by atoms with Crippen LogP contribution in [0.4, 0.5) is 8.78 Å². The second-order valence-electron chi connectivity index (χ2n) is 9.53. The molecule has 37 heavy (non-hydrogen) atoms. The van der Waals surface area contributed by atoms with Gasteiger partial charge in [0.25, 0.3) is 0 Å². The van der Waals surface area contributed by atoms with Gasteiger partial charge in [0.05, 0.1) is 11.9 Å². The Morgan fingerprint density at radius 3 is 2.35 bits per heavy atom. The Balaban J connectivity index is 1.67. The van der Waals surface area contributed by atoms with Crippen molar-refractivity contribution in [3.8, 4) is 11.4 Å². The van der Waals surface area contributed by atoms with E-state index in [1.807, 2.05) is 37.0 Å². The van der Waals surface area contributed by atoms with Crippen molar-refractivity contribution in [1.29, 1.82) is 0 Å². The number of rotatable bonds is 10. The molecule has 0 atom stereocenters. The minimum absolute atomic E-state index is 0.308. The fourth-order valence-corrected chi connectivity index (χ4v) is 5.32. The zero-order valence-electron chi connectivity index (χ0n) is 21.3. The number of hydrogen-bond acceptors (Lipinski definition) is 4. The normalized spacial score (nSPS) is 11.8. The number of aromatic nitrogens is 2. The van der Waals surface area contributed by atoms with Crippen molar-refractivity contribution in [2.24, 2.45) is 0 Å². The minimum Gasteiger partial charge on any atom is -0.492 e. The molecule has 4 nitrogen and oxygen atoms in total. The first-order valence-corrected chi connectivity index (χ1v) is 13.3. The summed E-state index contributed by atoms with van der Waals surface area (Å²) in [5, 5.41) is 1.04. The predicted octanol–water partition coefficient (Wildman–Crippen LogP) is 7.36. The number of likely N-dealkylation sites (N-methyl/N-ethyl adjacent to an activating group) is 1. The van der Waals surface area contributed by atoms with Crippen LogP contribution in [-0.2, 0) is 11.2 Å². The summed E-state index contributed by atoms with van der Waals surface area (Å²) in [6.45, 7) is 5.69. The van der Waals surface area contributed by atoms with Gasteiger partial charge < -0.3 is 9.64 Å². The Labute approximate surface area is 226 Å². The number of benzene rings is 3. The second-order valence-corrected chi connectivity index (χ2v) is 10.9. The molecule has 1 aromatic heterocycles. The highest BCUT2D eigenvalue weighted by Gasteiger charge is 2.29. The highest BCUT2D eigenvalue weighted by atomic mass is 35.5. The molecule has 194 valence electrons. The van der Waals surface area contributed by atoms with Gasteiger partial charge in [-0.2, -0.15) is 0 Å². The molecule has 0 fully saturated rings. The highest BCUT2D eigenvalue weighted by Crippen LogP contribution is 2.38. The summed E-state index contributed by atoms with van der Waals surface area (Å²) in [5.74, 6) is 0.449. The maximum atomic E-state index is 14.4. The molecule has 0 bridgehead atoms. The molecule has 1 heterocycles. The zero-order chi connectivity index (χ0) is 26.6. The van der Waals surface area contributed by atoms with Crippen LogP contribution in [-0.4, -0.2) is 41.7 Å². The third-order valence-corrected chi connectivity index (χ3v) is 7.58. The number of halogens is 3. The fraction of sp³-hybridized carbons (Fsp3) is 0.276. The van der Waals surface area contributed by atoms with Gasteiger partial charge in [0, 0.05) is 34.0 Å². The Bertz CT molecular complexity index is 1320. The van der Waals surface area contributed by atoms with Gasteiger partial charge in [-0.05, 0) is 68.2 Å². The molecule has 4 aromatic rings. The quantitative estimate of drug-likeness (QED) is 0.196. The zero-order valence-corrected chi connectivity index (χ0v) is 22.9. The van der Waals surface area contributed by atoms with Gasteiger partial charge in [-0.25, -0.2) is 13.8 Å². The first kappa shape index (κ1) is 27.2. The Hall–Kier alpha value is -2.87. The van der Waals surface area contributed by atoms with E-state index in [-0.39, 0.29) is 11.6 Å². The van der Waals surface area contributed by atoms with Gasteiger partial charge in [-0.1, -0.05) is 55.4 Å². The number of imidazole rings is 1. The molecule has 0 aliphatic rings. The van der Waals surface area contributed by atoms with Crippen LogP contribution in [0.1, 0.15) is 30.7 Å². The SMILES string of the molecule is CN(C)CCOc1ccc(C(C)(C)c2cnc(SCc3c(F)cccc3Cl)n2-c2ccc(F)cc2)cc1. The van der Waals surface area contributed by atoms with Gasteiger partial charge in [-0.15, -0.1) is 0 Å². The fourth-order valence-electron chi connectivity index (χ4n) is 3.99. The summed E-state index contributed by atoms with van der Waals surface area (Å²) in [7, 11) is 4.02. The van der Waals surface area contributed by atoms with Crippen molar-refractivity contribution in [3.63, 3.8) is 0 Å². The largest absolute Gasteiger partial charge is 0.492 e. The molecule has 0 radical (unpaired) electrons. The van der Waals surface area contributed by atoms with Crippen LogP contribution >= 0.6 is 23.4 Å². The third-order valence-electron chi connectivity index (χ3n) is 6.25. The molecular formula is C29H30ClF2N3OS. The summed E-state index contributed by atoms with van der Waals surface area (Å²) in [6, 6.07) is 19.0. The highest BCUT2D eigenvalue weighted by molar-refractivity contribution is 7.98. The molecule has 8 heteroatoms. The maximum absolute atomic E-state index is 14.4. The van der Waals surface area contributed by atoms with Crippen LogP contribution in [0.5, 0.6) is 5.75 Å². The second kappa shape index (κ2) is 11.7. The van der Waals surface area contributed by atoms with E-state index in [4.69, 9.17) is 21.3 Å². The number of ether oxygens (including phenoxy) is 1. The van der Waals surface area contributed by atoms with E-state index >= 15 is 0 Å². The molecule has 0 aliphatic carbocycles. The van der Waals surface area contributed by atoms with Crippen molar-refractivity contribution in [1.82, 2.24) is 14.5 Å². The van der Waals surface area contributed by atoms with E-state index < -0.39 is 5.41 Å². The van der Waals surface area contributed by atoms with E-state index in [0.717, 1.165) is 29.2 Å². The van der Waals surface area contributed by atoms with Crippen LogP contribution in [0.25, 0.3) is 5.69 Å². The average molecular weight is 542 g/mol. The summed E-state index contributed by atoms with van der Waals surface area (Å²) in [4.78, 5) is 6.77. The van der Waals surface area contributed by atoms with Gasteiger partial charge in [0.15, 0.2) is 5.16 Å². The average Bonchev–Trinajstić information content (AvgIpc) is 3.29. The molecule has 4 rings (SSSR count). The van der Waals surface area contributed by atoms with E-state index in [9.17, 15) is 8.78 Å². The number of nitrogens with zero attached hydrogens (tertiary/aromatic N) is 3. The van der Waals surface area contributed by atoms with Gasteiger partial charge in [0.2, 0.25) is 0 Å². The standard InChI is InChI=1S/C29H30ClF2N3OS/c1-29(2,20-8-14-23(15-9-20)36-17-16-34(3)4)27-18-33-28(35(27)22-12-10-21(31)11-13-22)37-19-24-25(30)6-5-7-26(24)32/h5-15,18H,16-17,19H2,1-4H3. The maximum Gasteiger partial charge on any atom is 0.173 e. The Kier molecular flexibility index (Phi) is 8.57. The molecule has 0 unspecified atom stereocenters. The van der Waals surface area contributed by atoms with Gasteiger partial charge >= 0.3 is 0 Å². The predicted molar refractivity (Wildman–Crippen MR) is 147 cm³/mol. The van der Waals surface area contributed by atoms with Gasteiger partial charge in [-0.3, -0.25) is 4.57 Å². The minimum atomic E-state index is -0.446. The Morgan fingerprint density at radius 2 is 1.70 bits per heavy atom. The molecule has 0 spiro atoms. The lowest BCUT2D eigenvalue weighted by molar-refractivity contribution is 0.261. The lowest BCUT2D eigenvalue weighted by Gasteiger charge is -2.27. The van der Waals surface area contributed by atoms with Crippen molar-refractivity contribution in [2.45, 2.75) is 30.2 Å². The van der Waals surface area contributed by atoms with Crippen LogP contribution in [0.3, 0.4) is 0 Å². The van der Waals surface area contributed by atoms with Crippen LogP contribution in [0, 0.1) is 11.6 Å². The van der Waals surface area contributed by atoms with Crippen molar-refractivity contribution in [2.75, 3.05) is 27.2 Å². The molecular weight excluding hydrogens is 512 g/mol.